The van der Waals surface area contributed by atoms with Gasteiger partial charge in [0.15, 0.2) is 0 Å². The molecule has 90 valence electrons. The predicted octanol–water partition coefficient (Wildman–Crippen LogP) is 3.12. The Bertz CT molecular complexity index is 481. The Morgan fingerprint density at radius 2 is 2.24 bits per heavy atom. The molecular formula is C12H16N4S. The molecule has 2 aromatic heterocycles. The van der Waals surface area contributed by atoms with E-state index in [0.29, 0.717) is 0 Å². The molecule has 0 saturated heterocycles. The van der Waals surface area contributed by atoms with E-state index in [2.05, 4.69) is 27.4 Å². The zero-order valence-electron chi connectivity index (χ0n) is 10.1. The molecule has 0 radical (unpaired) electrons. The summed E-state index contributed by atoms with van der Waals surface area (Å²) in [5, 5.41) is 13.4. The largest absolute Gasteiger partial charge is 0.360 e. The molecule has 0 amide bonds. The third kappa shape index (κ3) is 3.23. The van der Waals surface area contributed by atoms with Crippen molar-refractivity contribution in [3.05, 3.63) is 24.0 Å². The lowest BCUT2D eigenvalue weighted by molar-refractivity contribution is 0.831. The van der Waals surface area contributed by atoms with Crippen molar-refractivity contribution in [1.29, 1.82) is 0 Å². The van der Waals surface area contributed by atoms with Gasteiger partial charge in [-0.05, 0) is 25.5 Å². The first-order valence-corrected chi connectivity index (χ1v) is 6.61. The number of pyridine rings is 1. The maximum absolute atomic E-state index is 4.18. The van der Waals surface area contributed by atoms with Gasteiger partial charge in [0, 0.05) is 24.0 Å². The van der Waals surface area contributed by atoms with E-state index in [0.717, 1.165) is 34.4 Å². The molecule has 2 rings (SSSR count). The van der Waals surface area contributed by atoms with Crippen molar-refractivity contribution in [2.45, 2.75) is 26.7 Å². The molecule has 1 N–H and O–H groups in total. The fraction of sp³-hybridized carbons (Fsp3) is 0.417. The molecule has 2 aromatic rings. The first-order valence-electron chi connectivity index (χ1n) is 5.80. The van der Waals surface area contributed by atoms with Crippen LogP contribution in [0.5, 0.6) is 0 Å². The van der Waals surface area contributed by atoms with Gasteiger partial charge in [-0.15, -0.1) is 10.2 Å². The van der Waals surface area contributed by atoms with Crippen LogP contribution in [-0.2, 0) is 0 Å². The minimum Gasteiger partial charge on any atom is -0.360 e. The lowest BCUT2D eigenvalue weighted by atomic mass is 10.2. The quantitative estimate of drug-likeness (QED) is 0.826. The number of rotatable bonds is 5. The van der Waals surface area contributed by atoms with E-state index in [-0.39, 0.29) is 0 Å². The second-order valence-electron chi connectivity index (χ2n) is 3.88. The first-order chi connectivity index (χ1) is 8.29. The SMILES string of the molecule is CCCCNc1nnc(-c2ccnc(C)c2)s1. The monoisotopic (exact) mass is 248 g/mol. The molecule has 0 aromatic carbocycles. The fourth-order valence-electron chi connectivity index (χ4n) is 1.46. The Hall–Kier alpha value is -1.49. The Labute approximate surface area is 105 Å². The normalized spacial score (nSPS) is 10.5. The van der Waals surface area contributed by atoms with Crippen LogP contribution in [0, 0.1) is 6.92 Å². The summed E-state index contributed by atoms with van der Waals surface area (Å²) < 4.78 is 0. The van der Waals surface area contributed by atoms with Gasteiger partial charge in [0.05, 0.1) is 0 Å². The van der Waals surface area contributed by atoms with Gasteiger partial charge < -0.3 is 5.32 Å². The molecule has 2 heterocycles. The predicted molar refractivity (Wildman–Crippen MR) is 71.3 cm³/mol. The van der Waals surface area contributed by atoms with Gasteiger partial charge in [-0.2, -0.15) is 0 Å². The van der Waals surface area contributed by atoms with E-state index in [1.165, 1.54) is 6.42 Å². The molecule has 4 nitrogen and oxygen atoms in total. The number of unbranched alkanes of at least 4 members (excludes halogenated alkanes) is 1. The average Bonchev–Trinajstić information content (AvgIpc) is 2.78. The fourth-order valence-corrected chi connectivity index (χ4v) is 2.23. The van der Waals surface area contributed by atoms with Crippen molar-refractivity contribution in [3.63, 3.8) is 0 Å². The number of hydrogen-bond donors (Lipinski definition) is 1. The third-order valence-electron chi connectivity index (χ3n) is 2.38. The van der Waals surface area contributed by atoms with Crippen LogP contribution in [0.4, 0.5) is 5.13 Å². The molecule has 17 heavy (non-hydrogen) atoms. The zero-order chi connectivity index (χ0) is 12.1. The molecule has 0 spiro atoms. The van der Waals surface area contributed by atoms with Crippen molar-refractivity contribution < 1.29 is 0 Å². The van der Waals surface area contributed by atoms with Crippen LogP contribution in [0.25, 0.3) is 10.6 Å². The minimum atomic E-state index is 0.892. The summed E-state index contributed by atoms with van der Waals surface area (Å²) in [7, 11) is 0. The van der Waals surface area contributed by atoms with Crippen LogP contribution in [0.15, 0.2) is 18.3 Å². The summed E-state index contributed by atoms with van der Waals surface area (Å²) in [4.78, 5) is 4.17. The van der Waals surface area contributed by atoms with Gasteiger partial charge in [0.25, 0.3) is 0 Å². The topological polar surface area (TPSA) is 50.7 Å². The second-order valence-corrected chi connectivity index (χ2v) is 4.86. The van der Waals surface area contributed by atoms with Gasteiger partial charge in [-0.3, -0.25) is 4.98 Å². The van der Waals surface area contributed by atoms with Gasteiger partial charge in [-0.25, -0.2) is 0 Å². The van der Waals surface area contributed by atoms with Crippen molar-refractivity contribution in [2.75, 3.05) is 11.9 Å². The number of nitrogens with zero attached hydrogens (tertiary/aromatic N) is 3. The van der Waals surface area contributed by atoms with Crippen LogP contribution < -0.4 is 5.32 Å². The van der Waals surface area contributed by atoms with Crippen LogP contribution in [-0.4, -0.2) is 21.7 Å². The number of nitrogens with one attached hydrogen (secondary N) is 1. The Balaban J connectivity index is 2.07. The third-order valence-corrected chi connectivity index (χ3v) is 3.31. The Morgan fingerprint density at radius 3 is 3.00 bits per heavy atom. The molecule has 0 atom stereocenters. The lowest BCUT2D eigenvalue weighted by Gasteiger charge is -1.98. The highest BCUT2D eigenvalue weighted by molar-refractivity contribution is 7.18. The zero-order valence-corrected chi connectivity index (χ0v) is 10.9. The summed E-state index contributed by atoms with van der Waals surface area (Å²) in [6, 6.07) is 3.99. The number of anilines is 1. The van der Waals surface area contributed by atoms with Gasteiger partial charge in [-0.1, -0.05) is 24.7 Å². The van der Waals surface area contributed by atoms with Crippen molar-refractivity contribution in [1.82, 2.24) is 15.2 Å². The van der Waals surface area contributed by atoms with E-state index < -0.39 is 0 Å². The Morgan fingerprint density at radius 1 is 1.35 bits per heavy atom. The summed E-state index contributed by atoms with van der Waals surface area (Å²) in [5.41, 5.74) is 2.08. The van der Waals surface area contributed by atoms with E-state index in [4.69, 9.17) is 0 Å². The van der Waals surface area contributed by atoms with Crippen LogP contribution in [0.2, 0.25) is 0 Å². The molecule has 0 aliphatic carbocycles. The van der Waals surface area contributed by atoms with E-state index >= 15 is 0 Å². The van der Waals surface area contributed by atoms with E-state index in [9.17, 15) is 0 Å². The summed E-state index contributed by atoms with van der Waals surface area (Å²) in [6.45, 7) is 5.11. The number of aromatic nitrogens is 3. The molecule has 5 heteroatoms. The number of hydrogen-bond acceptors (Lipinski definition) is 5. The Kier molecular flexibility index (Phi) is 4.03. The highest BCUT2D eigenvalue weighted by Gasteiger charge is 2.06. The summed E-state index contributed by atoms with van der Waals surface area (Å²) in [6.07, 6.45) is 4.14. The van der Waals surface area contributed by atoms with E-state index in [1.807, 2.05) is 19.1 Å². The molecular weight excluding hydrogens is 232 g/mol. The van der Waals surface area contributed by atoms with E-state index in [1.54, 1.807) is 17.5 Å². The maximum atomic E-state index is 4.18. The average molecular weight is 248 g/mol. The van der Waals surface area contributed by atoms with Crippen molar-refractivity contribution in [2.24, 2.45) is 0 Å². The van der Waals surface area contributed by atoms with Crippen LogP contribution in [0.3, 0.4) is 0 Å². The van der Waals surface area contributed by atoms with Crippen LogP contribution in [0.1, 0.15) is 25.5 Å². The van der Waals surface area contributed by atoms with Gasteiger partial charge in [0.2, 0.25) is 5.13 Å². The first kappa shape index (κ1) is 12.0. The molecule has 0 aliphatic heterocycles. The second kappa shape index (κ2) is 5.72. The summed E-state index contributed by atoms with van der Waals surface area (Å²) >= 11 is 1.58. The van der Waals surface area contributed by atoms with Crippen LogP contribution >= 0.6 is 11.3 Å². The maximum Gasteiger partial charge on any atom is 0.206 e. The lowest BCUT2D eigenvalue weighted by Crippen LogP contribution is -1.99. The minimum absolute atomic E-state index is 0.892. The highest BCUT2D eigenvalue weighted by atomic mass is 32.1. The smallest absolute Gasteiger partial charge is 0.206 e. The standard InChI is InChI=1S/C12H16N4S/c1-3-4-6-14-12-16-15-11(17-12)10-5-7-13-9(2)8-10/h5,7-8H,3-4,6H2,1-2H3,(H,14,16). The summed E-state index contributed by atoms with van der Waals surface area (Å²) in [5.74, 6) is 0. The van der Waals surface area contributed by atoms with Crippen molar-refractivity contribution in [3.8, 4) is 10.6 Å². The van der Waals surface area contributed by atoms with Crippen molar-refractivity contribution >= 4 is 16.5 Å². The molecule has 0 unspecified atom stereocenters. The number of aryl methyl sites for hydroxylation is 1. The van der Waals surface area contributed by atoms with Gasteiger partial charge in [0.1, 0.15) is 5.01 Å². The van der Waals surface area contributed by atoms with Gasteiger partial charge >= 0.3 is 0 Å². The highest BCUT2D eigenvalue weighted by Crippen LogP contribution is 2.26. The molecule has 0 aliphatic rings. The molecule has 0 fully saturated rings. The molecule has 0 bridgehead atoms. The molecule has 0 saturated carbocycles.